The van der Waals surface area contributed by atoms with E-state index in [0.717, 1.165) is 37.9 Å². The standard InChI is InChI=1S/C21H24FNO2/c22-19-9-3-1-7-17(19)12-11-16-6-5-13-23(15-16)21(25)14-18-8-2-4-10-20(18)24/h1-4,7-10,16,24H,5-6,11-15H2. The summed E-state index contributed by atoms with van der Waals surface area (Å²) in [6, 6.07) is 13.9. The van der Waals surface area contributed by atoms with E-state index in [1.54, 1.807) is 24.3 Å². The first kappa shape index (κ1) is 17.5. The number of aryl methyl sites for hydroxylation is 1. The fourth-order valence-corrected chi connectivity index (χ4v) is 3.52. The normalized spacial score (nSPS) is 17.5. The highest BCUT2D eigenvalue weighted by atomic mass is 19.1. The number of carbonyl (C=O) groups excluding carboxylic acids is 1. The van der Waals surface area contributed by atoms with Gasteiger partial charge in [-0.15, -0.1) is 0 Å². The number of halogens is 1. The van der Waals surface area contributed by atoms with Crippen LogP contribution in [0.4, 0.5) is 4.39 Å². The lowest BCUT2D eigenvalue weighted by molar-refractivity contribution is -0.132. The van der Waals surface area contributed by atoms with Gasteiger partial charge >= 0.3 is 0 Å². The molecule has 1 fully saturated rings. The molecule has 0 aliphatic carbocycles. The van der Waals surface area contributed by atoms with E-state index in [1.807, 2.05) is 23.1 Å². The van der Waals surface area contributed by atoms with Gasteiger partial charge in [-0.2, -0.15) is 0 Å². The molecule has 1 N–H and O–H groups in total. The Balaban J connectivity index is 1.55. The molecule has 25 heavy (non-hydrogen) atoms. The monoisotopic (exact) mass is 341 g/mol. The van der Waals surface area contributed by atoms with Gasteiger partial charge in [0.2, 0.25) is 5.91 Å². The van der Waals surface area contributed by atoms with Crippen LogP contribution < -0.4 is 0 Å². The van der Waals surface area contributed by atoms with E-state index in [2.05, 4.69) is 0 Å². The predicted octanol–water partition coefficient (Wildman–Crippen LogP) is 3.95. The molecule has 2 aromatic rings. The van der Waals surface area contributed by atoms with Crippen LogP contribution in [0.2, 0.25) is 0 Å². The first-order valence-corrected chi connectivity index (χ1v) is 8.91. The number of nitrogens with zero attached hydrogens (tertiary/aromatic N) is 1. The lowest BCUT2D eigenvalue weighted by Gasteiger charge is -2.33. The van der Waals surface area contributed by atoms with E-state index in [9.17, 15) is 14.3 Å². The van der Waals surface area contributed by atoms with Crippen molar-refractivity contribution < 1.29 is 14.3 Å². The van der Waals surface area contributed by atoms with Crippen molar-refractivity contribution in [3.05, 3.63) is 65.5 Å². The van der Waals surface area contributed by atoms with Crippen molar-refractivity contribution in [1.29, 1.82) is 0 Å². The molecule has 4 heteroatoms. The Kier molecular flexibility index (Phi) is 5.69. The lowest BCUT2D eigenvalue weighted by atomic mass is 9.91. The molecule has 1 heterocycles. The van der Waals surface area contributed by atoms with E-state index in [1.165, 1.54) is 6.07 Å². The zero-order valence-corrected chi connectivity index (χ0v) is 14.3. The number of para-hydroxylation sites is 1. The van der Waals surface area contributed by atoms with Gasteiger partial charge in [-0.05, 0) is 49.3 Å². The average Bonchev–Trinajstić information content (AvgIpc) is 2.63. The lowest BCUT2D eigenvalue weighted by Crippen LogP contribution is -2.40. The number of aromatic hydroxyl groups is 1. The summed E-state index contributed by atoms with van der Waals surface area (Å²) in [5.74, 6) is 0.480. The van der Waals surface area contributed by atoms with Crippen molar-refractivity contribution in [1.82, 2.24) is 4.90 Å². The Morgan fingerprint density at radius 1 is 1.12 bits per heavy atom. The summed E-state index contributed by atoms with van der Waals surface area (Å²) in [4.78, 5) is 14.4. The highest BCUT2D eigenvalue weighted by Crippen LogP contribution is 2.24. The van der Waals surface area contributed by atoms with Gasteiger partial charge < -0.3 is 10.0 Å². The number of phenolic OH excluding ortho intramolecular Hbond substituents is 1. The molecule has 1 saturated heterocycles. The second-order valence-electron chi connectivity index (χ2n) is 6.78. The number of phenols is 1. The summed E-state index contributed by atoms with van der Waals surface area (Å²) in [5.41, 5.74) is 1.42. The predicted molar refractivity (Wildman–Crippen MR) is 95.8 cm³/mol. The van der Waals surface area contributed by atoms with Crippen LogP contribution in [0.5, 0.6) is 5.75 Å². The van der Waals surface area contributed by atoms with Gasteiger partial charge in [-0.3, -0.25) is 4.79 Å². The molecule has 0 radical (unpaired) electrons. The minimum absolute atomic E-state index is 0.0529. The van der Waals surface area contributed by atoms with E-state index in [0.29, 0.717) is 17.9 Å². The number of hydrogen-bond acceptors (Lipinski definition) is 2. The molecule has 0 aromatic heterocycles. The van der Waals surface area contributed by atoms with Gasteiger partial charge in [0, 0.05) is 18.7 Å². The SMILES string of the molecule is O=C(Cc1ccccc1O)N1CCCC(CCc2ccccc2F)C1. The molecule has 0 saturated carbocycles. The van der Waals surface area contributed by atoms with Crippen molar-refractivity contribution in [2.75, 3.05) is 13.1 Å². The van der Waals surface area contributed by atoms with E-state index < -0.39 is 0 Å². The second-order valence-corrected chi connectivity index (χ2v) is 6.78. The van der Waals surface area contributed by atoms with Crippen LogP contribution in [-0.2, 0) is 17.6 Å². The zero-order valence-electron chi connectivity index (χ0n) is 14.3. The first-order valence-electron chi connectivity index (χ1n) is 8.91. The van der Waals surface area contributed by atoms with Crippen molar-refractivity contribution in [3.63, 3.8) is 0 Å². The average molecular weight is 341 g/mol. The maximum absolute atomic E-state index is 13.7. The van der Waals surface area contributed by atoms with Crippen LogP contribution in [0.25, 0.3) is 0 Å². The van der Waals surface area contributed by atoms with E-state index in [4.69, 9.17) is 0 Å². The van der Waals surface area contributed by atoms with Crippen LogP contribution in [0.1, 0.15) is 30.4 Å². The van der Waals surface area contributed by atoms with Crippen LogP contribution in [0.3, 0.4) is 0 Å². The van der Waals surface area contributed by atoms with Gasteiger partial charge in [0.25, 0.3) is 0 Å². The number of rotatable bonds is 5. The summed E-state index contributed by atoms with van der Waals surface area (Å²) in [6.07, 6.45) is 3.89. The van der Waals surface area contributed by atoms with Gasteiger partial charge in [0.1, 0.15) is 11.6 Å². The molecule has 3 nitrogen and oxygen atoms in total. The van der Waals surface area contributed by atoms with Gasteiger partial charge in [-0.1, -0.05) is 36.4 Å². The summed E-state index contributed by atoms with van der Waals surface area (Å²) >= 11 is 0. The molecule has 1 atom stereocenters. The number of piperidine rings is 1. The van der Waals surface area contributed by atoms with Crippen LogP contribution in [0, 0.1) is 11.7 Å². The summed E-state index contributed by atoms with van der Waals surface area (Å²) in [7, 11) is 0. The molecule has 1 aliphatic rings. The summed E-state index contributed by atoms with van der Waals surface area (Å²) in [5, 5.41) is 9.84. The van der Waals surface area contributed by atoms with Crippen molar-refractivity contribution in [2.24, 2.45) is 5.92 Å². The minimum Gasteiger partial charge on any atom is -0.508 e. The van der Waals surface area contributed by atoms with E-state index in [-0.39, 0.29) is 23.9 Å². The van der Waals surface area contributed by atoms with Crippen LogP contribution in [0.15, 0.2) is 48.5 Å². The fourth-order valence-electron chi connectivity index (χ4n) is 3.52. The molecule has 1 unspecified atom stereocenters. The molecule has 0 spiro atoms. The zero-order chi connectivity index (χ0) is 17.6. The highest BCUT2D eigenvalue weighted by Gasteiger charge is 2.24. The molecular formula is C21H24FNO2. The van der Waals surface area contributed by atoms with Crippen LogP contribution in [-0.4, -0.2) is 29.0 Å². The molecule has 1 aliphatic heterocycles. The summed E-state index contributed by atoms with van der Waals surface area (Å²) < 4.78 is 13.7. The highest BCUT2D eigenvalue weighted by molar-refractivity contribution is 5.79. The molecule has 3 rings (SSSR count). The largest absolute Gasteiger partial charge is 0.508 e. The second kappa shape index (κ2) is 8.15. The molecule has 132 valence electrons. The Morgan fingerprint density at radius 3 is 2.60 bits per heavy atom. The quantitative estimate of drug-likeness (QED) is 0.895. The Hall–Kier alpha value is -2.36. The number of benzene rings is 2. The number of carbonyl (C=O) groups is 1. The maximum atomic E-state index is 13.7. The number of hydrogen-bond donors (Lipinski definition) is 1. The molecular weight excluding hydrogens is 317 g/mol. The Morgan fingerprint density at radius 2 is 1.84 bits per heavy atom. The van der Waals surface area contributed by atoms with Crippen molar-refractivity contribution >= 4 is 5.91 Å². The van der Waals surface area contributed by atoms with Crippen molar-refractivity contribution in [3.8, 4) is 5.75 Å². The fraction of sp³-hybridized carbons (Fsp3) is 0.381. The van der Waals surface area contributed by atoms with E-state index >= 15 is 0 Å². The summed E-state index contributed by atoms with van der Waals surface area (Å²) in [6.45, 7) is 1.49. The third-order valence-electron chi connectivity index (χ3n) is 4.98. The smallest absolute Gasteiger partial charge is 0.227 e. The number of likely N-dealkylation sites (tertiary alicyclic amines) is 1. The third-order valence-corrected chi connectivity index (χ3v) is 4.98. The van der Waals surface area contributed by atoms with Gasteiger partial charge in [-0.25, -0.2) is 4.39 Å². The Labute approximate surface area is 148 Å². The number of amides is 1. The first-order chi connectivity index (χ1) is 12.1. The van der Waals surface area contributed by atoms with Crippen molar-refractivity contribution in [2.45, 2.75) is 32.1 Å². The minimum atomic E-state index is -0.147. The topological polar surface area (TPSA) is 40.5 Å². The van der Waals surface area contributed by atoms with Gasteiger partial charge in [0.15, 0.2) is 0 Å². The van der Waals surface area contributed by atoms with Gasteiger partial charge in [0.05, 0.1) is 6.42 Å². The third kappa shape index (κ3) is 4.59. The van der Waals surface area contributed by atoms with Crippen LogP contribution >= 0.6 is 0 Å². The Bertz CT molecular complexity index is 731. The maximum Gasteiger partial charge on any atom is 0.227 e. The molecule has 1 amide bonds. The molecule has 0 bridgehead atoms. The molecule has 2 aromatic carbocycles.